The summed E-state index contributed by atoms with van der Waals surface area (Å²) in [5, 5.41) is 18.1. The fraction of sp³-hybridized carbons (Fsp3) is 0.364. The van der Waals surface area contributed by atoms with Crippen molar-refractivity contribution in [3.63, 3.8) is 0 Å². The van der Waals surface area contributed by atoms with E-state index in [0.29, 0.717) is 0 Å². The molecule has 2 N–H and O–H groups in total. The van der Waals surface area contributed by atoms with Gasteiger partial charge in [0.25, 0.3) is 0 Å². The van der Waals surface area contributed by atoms with E-state index in [1.54, 1.807) is 6.20 Å². The predicted molar refractivity (Wildman–Crippen MR) is 68.7 cm³/mol. The highest BCUT2D eigenvalue weighted by Gasteiger charge is 2.06. The van der Waals surface area contributed by atoms with E-state index in [2.05, 4.69) is 35.7 Å². The zero-order valence-electron chi connectivity index (χ0n) is 10.5. The number of aromatic nitrogens is 7. The Bertz CT molecular complexity index is 656. The molecule has 0 radical (unpaired) electrons. The molecule has 0 aliphatic heterocycles. The van der Waals surface area contributed by atoms with Crippen LogP contribution in [0.3, 0.4) is 0 Å². The molecule has 19 heavy (non-hydrogen) atoms. The van der Waals surface area contributed by atoms with Crippen LogP contribution < -0.4 is 5.32 Å². The maximum atomic E-state index is 4.28. The Morgan fingerprint density at radius 3 is 3.11 bits per heavy atom. The first-order valence-electron chi connectivity index (χ1n) is 6.09. The number of rotatable bonds is 5. The van der Waals surface area contributed by atoms with Crippen LogP contribution in [0.5, 0.6) is 0 Å². The molecule has 0 spiro atoms. The average molecular weight is 258 g/mol. The number of H-pyrrole nitrogens is 1. The minimum absolute atomic E-state index is 0.750. The largest absolute Gasteiger partial charge is 0.367 e. The van der Waals surface area contributed by atoms with Crippen LogP contribution in [0.15, 0.2) is 18.7 Å². The third kappa shape index (κ3) is 2.37. The van der Waals surface area contributed by atoms with Crippen LogP contribution >= 0.6 is 0 Å². The van der Waals surface area contributed by atoms with E-state index in [-0.39, 0.29) is 0 Å². The van der Waals surface area contributed by atoms with Gasteiger partial charge in [-0.3, -0.25) is 9.50 Å². The molecular weight excluding hydrogens is 244 g/mol. The normalized spacial score (nSPS) is 11.0. The van der Waals surface area contributed by atoms with E-state index in [4.69, 9.17) is 0 Å². The van der Waals surface area contributed by atoms with Crippen molar-refractivity contribution in [2.45, 2.75) is 19.8 Å². The van der Waals surface area contributed by atoms with E-state index in [9.17, 15) is 0 Å². The smallest absolute Gasteiger partial charge is 0.203 e. The molecule has 0 aliphatic carbocycles. The molecule has 3 aromatic rings. The van der Waals surface area contributed by atoms with Crippen LogP contribution in [-0.4, -0.2) is 41.3 Å². The molecule has 0 saturated heterocycles. The van der Waals surface area contributed by atoms with Gasteiger partial charge in [-0.2, -0.15) is 5.10 Å². The molecule has 0 amide bonds. The van der Waals surface area contributed by atoms with Gasteiger partial charge < -0.3 is 5.32 Å². The first kappa shape index (κ1) is 11.6. The van der Waals surface area contributed by atoms with E-state index in [1.807, 2.05) is 17.5 Å². The molecule has 3 aromatic heterocycles. The summed E-state index contributed by atoms with van der Waals surface area (Å²) in [6.07, 6.45) is 6.89. The molecule has 0 aromatic carbocycles. The fourth-order valence-corrected chi connectivity index (χ4v) is 1.88. The number of nitrogens with zero attached hydrogens (tertiary/aromatic N) is 6. The van der Waals surface area contributed by atoms with Gasteiger partial charge in [-0.25, -0.2) is 9.97 Å². The van der Waals surface area contributed by atoms with Gasteiger partial charge in [0.05, 0.1) is 0 Å². The lowest BCUT2D eigenvalue weighted by atomic mass is 10.3. The fourth-order valence-electron chi connectivity index (χ4n) is 1.88. The summed E-state index contributed by atoms with van der Waals surface area (Å²) in [6, 6.07) is 0. The third-order valence-electron chi connectivity index (χ3n) is 2.85. The average Bonchev–Trinajstić information content (AvgIpc) is 3.06. The molecule has 0 bridgehead atoms. The first-order valence-corrected chi connectivity index (χ1v) is 6.09. The predicted octanol–water partition coefficient (Wildman–Crippen LogP) is 0.596. The summed E-state index contributed by atoms with van der Waals surface area (Å²) >= 11 is 0. The van der Waals surface area contributed by atoms with Crippen LogP contribution in [0.2, 0.25) is 0 Å². The summed E-state index contributed by atoms with van der Waals surface area (Å²) in [4.78, 5) is 8.36. The van der Waals surface area contributed by atoms with Gasteiger partial charge in [0.15, 0.2) is 5.82 Å². The van der Waals surface area contributed by atoms with Crippen molar-refractivity contribution in [3.8, 4) is 0 Å². The van der Waals surface area contributed by atoms with E-state index >= 15 is 0 Å². The quantitative estimate of drug-likeness (QED) is 0.650. The number of anilines is 1. The maximum absolute atomic E-state index is 4.28. The summed E-state index contributed by atoms with van der Waals surface area (Å²) < 4.78 is 1.91. The Balaban J connectivity index is 1.62. The number of fused-ring (bicyclic) bond motifs is 1. The zero-order chi connectivity index (χ0) is 13.1. The van der Waals surface area contributed by atoms with Crippen molar-refractivity contribution in [1.82, 2.24) is 34.8 Å². The van der Waals surface area contributed by atoms with Gasteiger partial charge in [-0.05, 0) is 13.3 Å². The summed E-state index contributed by atoms with van der Waals surface area (Å²) in [7, 11) is 0. The van der Waals surface area contributed by atoms with E-state index in [1.165, 1.54) is 6.33 Å². The van der Waals surface area contributed by atoms with Crippen molar-refractivity contribution in [1.29, 1.82) is 0 Å². The van der Waals surface area contributed by atoms with Gasteiger partial charge in [0.2, 0.25) is 5.65 Å². The molecule has 3 heterocycles. The van der Waals surface area contributed by atoms with Gasteiger partial charge in [0, 0.05) is 25.4 Å². The standard InChI is InChI=1S/C11H14N8/c1-8-16-18-11-10(13-5-6-19(8)11)12-4-2-3-9-14-7-15-17-9/h5-7H,2-4H2,1H3,(H,12,13)(H,14,15,17). The molecule has 0 fully saturated rings. The minimum atomic E-state index is 0.750. The Kier molecular flexibility index (Phi) is 3.05. The first-order chi connectivity index (χ1) is 9.34. The Hall–Kier alpha value is -2.51. The summed E-state index contributed by atoms with van der Waals surface area (Å²) in [6.45, 7) is 2.70. The second-order valence-corrected chi connectivity index (χ2v) is 4.18. The second kappa shape index (κ2) is 5.01. The number of hydrogen-bond acceptors (Lipinski definition) is 6. The van der Waals surface area contributed by atoms with Gasteiger partial charge in [-0.1, -0.05) is 0 Å². The highest BCUT2D eigenvalue weighted by molar-refractivity contribution is 5.61. The van der Waals surface area contributed by atoms with Crippen LogP contribution in [0.1, 0.15) is 18.1 Å². The highest BCUT2D eigenvalue weighted by Crippen LogP contribution is 2.11. The Labute approximate surface area is 109 Å². The van der Waals surface area contributed by atoms with Crippen molar-refractivity contribution in [2.24, 2.45) is 0 Å². The molecular formula is C11H14N8. The van der Waals surface area contributed by atoms with E-state index in [0.717, 1.165) is 42.5 Å². The number of aromatic amines is 1. The molecule has 0 unspecified atom stereocenters. The third-order valence-corrected chi connectivity index (χ3v) is 2.85. The van der Waals surface area contributed by atoms with Crippen molar-refractivity contribution < 1.29 is 0 Å². The number of hydrogen-bond donors (Lipinski definition) is 2. The zero-order valence-corrected chi connectivity index (χ0v) is 10.5. The lowest BCUT2D eigenvalue weighted by Gasteiger charge is -2.05. The van der Waals surface area contributed by atoms with E-state index < -0.39 is 0 Å². The molecule has 3 rings (SSSR count). The Morgan fingerprint density at radius 2 is 2.26 bits per heavy atom. The lowest BCUT2D eigenvalue weighted by Crippen LogP contribution is -2.07. The number of nitrogens with one attached hydrogen (secondary N) is 2. The van der Waals surface area contributed by atoms with Crippen LogP contribution in [0.4, 0.5) is 5.82 Å². The summed E-state index contributed by atoms with van der Waals surface area (Å²) in [5.74, 6) is 2.49. The molecule has 0 atom stereocenters. The lowest BCUT2D eigenvalue weighted by molar-refractivity contribution is 0.803. The minimum Gasteiger partial charge on any atom is -0.367 e. The molecule has 8 heteroatoms. The van der Waals surface area contributed by atoms with Crippen molar-refractivity contribution >= 4 is 11.5 Å². The van der Waals surface area contributed by atoms with Crippen molar-refractivity contribution in [2.75, 3.05) is 11.9 Å². The highest BCUT2D eigenvalue weighted by atomic mass is 15.3. The van der Waals surface area contributed by atoms with Gasteiger partial charge in [0.1, 0.15) is 18.0 Å². The monoisotopic (exact) mass is 258 g/mol. The molecule has 0 saturated carbocycles. The van der Waals surface area contributed by atoms with Crippen LogP contribution in [-0.2, 0) is 6.42 Å². The van der Waals surface area contributed by atoms with Gasteiger partial charge in [-0.15, -0.1) is 10.2 Å². The molecule has 98 valence electrons. The number of aryl methyl sites for hydroxylation is 2. The van der Waals surface area contributed by atoms with Crippen LogP contribution in [0.25, 0.3) is 5.65 Å². The maximum Gasteiger partial charge on any atom is 0.203 e. The van der Waals surface area contributed by atoms with Gasteiger partial charge >= 0.3 is 0 Å². The Morgan fingerprint density at radius 1 is 1.32 bits per heavy atom. The second-order valence-electron chi connectivity index (χ2n) is 4.18. The van der Waals surface area contributed by atoms with Crippen molar-refractivity contribution in [3.05, 3.63) is 30.4 Å². The summed E-state index contributed by atoms with van der Waals surface area (Å²) in [5.41, 5.74) is 0.750. The molecule has 0 aliphatic rings. The SMILES string of the molecule is Cc1nnc2c(NCCCc3ncn[nH]3)nccn12. The molecule has 8 nitrogen and oxygen atoms in total. The van der Waals surface area contributed by atoms with Crippen LogP contribution in [0, 0.1) is 6.92 Å². The topological polar surface area (TPSA) is 96.7 Å².